The van der Waals surface area contributed by atoms with Crippen molar-refractivity contribution in [3.05, 3.63) is 65.2 Å². The first kappa shape index (κ1) is 17.5. The van der Waals surface area contributed by atoms with E-state index in [2.05, 4.69) is 5.32 Å². The zero-order valence-corrected chi connectivity index (χ0v) is 15.2. The summed E-state index contributed by atoms with van der Waals surface area (Å²) in [7, 11) is -3.44. The molecule has 0 radical (unpaired) electrons. The predicted molar refractivity (Wildman–Crippen MR) is 99.1 cm³/mol. The monoisotopic (exact) mass is 358 g/mol. The van der Waals surface area contributed by atoms with Crippen molar-refractivity contribution in [3.63, 3.8) is 0 Å². The third-order valence-corrected chi connectivity index (χ3v) is 5.32. The van der Waals surface area contributed by atoms with Crippen LogP contribution in [0.3, 0.4) is 0 Å². The number of carbonyl (C=O) groups is 1. The second-order valence-corrected chi connectivity index (χ2v) is 8.46. The van der Waals surface area contributed by atoms with E-state index in [1.165, 1.54) is 10.6 Å². The number of aryl methyl sites for hydroxylation is 1. The SMILES string of the molecule is Cc1ccc(CN(c2ccc(C(=O)NC3CC3)cc2)S(C)(=O)=O)cc1. The van der Waals surface area contributed by atoms with Crippen LogP contribution in [0.5, 0.6) is 0 Å². The largest absolute Gasteiger partial charge is 0.349 e. The van der Waals surface area contributed by atoms with Crippen LogP contribution in [0.2, 0.25) is 0 Å². The average molecular weight is 358 g/mol. The molecule has 0 bridgehead atoms. The fraction of sp³-hybridized carbons (Fsp3) is 0.316. The Labute approximate surface area is 148 Å². The highest BCUT2D eigenvalue weighted by atomic mass is 32.2. The predicted octanol–water partition coefficient (Wildman–Crippen LogP) is 2.85. The minimum Gasteiger partial charge on any atom is -0.349 e. The van der Waals surface area contributed by atoms with Crippen molar-refractivity contribution in [2.24, 2.45) is 0 Å². The fourth-order valence-electron chi connectivity index (χ4n) is 2.53. The van der Waals surface area contributed by atoms with Crippen molar-refractivity contribution in [3.8, 4) is 0 Å². The molecule has 5 nitrogen and oxygen atoms in total. The van der Waals surface area contributed by atoms with Gasteiger partial charge in [-0.2, -0.15) is 0 Å². The van der Waals surface area contributed by atoms with E-state index < -0.39 is 10.0 Å². The molecule has 3 rings (SSSR count). The summed E-state index contributed by atoms with van der Waals surface area (Å²) in [6.45, 7) is 2.25. The topological polar surface area (TPSA) is 66.5 Å². The fourth-order valence-corrected chi connectivity index (χ4v) is 3.42. The molecule has 1 aliphatic rings. The van der Waals surface area contributed by atoms with E-state index in [4.69, 9.17) is 0 Å². The van der Waals surface area contributed by atoms with Gasteiger partial charge in [-0.05, 0) is 49.6 Å². The van der Waals surface area contributed by atoms with E-state index in [-0.39, 0.29) is 12.5 Å². The van der Waals surface area contributed by atoms with Crippen LogP contribution in [0.1, 0.15) is 34.3 Å². The third-order valence-electron chi connectivity index (χ3n) is 4.18. The molecular formula is C19H22N2O3S. The summed E-state index contributed by atoms with van der Waals surface area (Å²) >= 11 is 0. The van der Waals surface area contributed by atoms with Crippen LogP contribution in [0.15, 0.2) is 48.5 Å². The molecule has 1 amide bonds. The molecule has 1 aliphatic carbocycles. The lowest BCUT2D eigenvalue weighted by Gasteiger charge is -2.23. The molecule has 0 unspecified atom stereocenters. The second kappa shape index (κ2) is 6.88. The second-order valence-electron chi connectivity index (χ2n) is 6.55. The van der Waals surface area contributed by atoms with Crippen molar-refractivity contribution >= 4 is 21.6 Å². The smallest absolute Gasteiger partial charge is 0.251 e. The number of amides is 1. The van der Waals surface area contributed by atoms with Crippen LogP contribution >= 0.6 is 0 Å². The van der Waals surface area contributed by atoms with Gasteiger partial charge in [-0.3, -0.25) is 9.10 Å². The number of rotatable bonds is 6. The summed E-state index contributed by atoms with van der Waals surface area (Å²) in [6, 6.07) is 14.7. The molecule has 2 aromatic rings. The molecule has 1 saturated carbocycles. The van der Waals surface area contributed by atoms with Gasteiger partial charge in [-0.1, -0.05) is 29.8 Å². The van der Waals surface area contributed by atoms with Gasteiger partial charge in [0.1, 0.15) is 0 Å². The van der Waals surface area contributed by atoms with Crippen molar-refractivity contribution in [1.29, 1.82) is 0 Å². The minimum atomic E-state index is -3.44. The Balaban J connectivity index is 1.81. The number of hydrogen-bond acceptors (Lipinski definition) is 3. The van der Waals surface area contributed by atoms with E-state index in [9.17, 15) is 13.2 Å². The number of nitrogens with one attached hydrogen (secondary N) is 1. The van der Waals surface area contributed by atoms with Gasteiger partial charge in [0.2, 0.25) is 10.0 Å². The lowest BCUT2D eigenvalue weighted by Crippen LogP contribution is -2.29. The van der Waals surface area contributed by atoms with Crippen molar-refractivity contribution < 1.29 is 13.2 Å². The summed E-state index contributed by atoms with van der Waals surface area (Å²) in [5.74, 6) is -0.113. The van der Waals surface area contributed by atoms with Gasteiger partial charge >= 0.3 is 0 Å². The molecular weight excluding hydrogens is 336 g/mol. The highest BCUT2D eigenvalue weighted by molar-refractivity contribution is 7.92. The van der Waals surface area contributed by atoms with Gasteiger partial charge in [0.25, 0.3) is 5.91 Å². The maximum absolute atomic E-state index is 12.2. The van der Waals surface area contributed by atoms with Crippen LogP contribution in [-0.2, 0) is 16.6 Å². The van der Waals surface area contributed by atoms with Crippen molar-refractivity contribution in [2.75, 3.05) is 10.6 Å². The maximum atomic E-state index is 12.2. The first-order valence-electron chi connectivity index (χ1n) is 8.27. The Hall–Kier alpha value is -2.34. The lowest BCUT2D eigenvalue weighted by atomic mass is 10.1. The Kier molecular flexibility index (Phi) is 4.81. The van der Waals surface area contributed by atoms with Crippen LogP contribution in [0, 0.1) is 6.92 Å². The summed E-state index contributed by atoms with van der Waals surface area (Å²) in [6.07, 6.45) is 3.25. The van der Waals surface area contributed by atoms with Crippen molar-refractivity contribution in [2.45, 2.75) is 32.4 Å². The molecule has 0 aromatic heterocycles. The Morgan fingerprint density at radius 3 is 2.20 bits per heavy atom. The highest BCUT2D eigenvalue weighted by Crippen LogP contribution is 2.23. The molecule has 1 fully saturated rings. The van der Waals surface area contributed by atoms with Gasteiger partial charge in [-0.25, -0.2) is 8.42 Å². The van der Waals surface area contributed by atoms with E-state index in [1.54, 1.807) is 24.3 Å². The normalized spacial score (nSPS) is 14.2. The van der Waals surface area contributed by atoms with Gasteiger partial charge < -0.3 is 5.32 Å². The Bertz CT molecular complexity index is 855. The molecule has 0 atom stereocenters. The molecule has 0 heterocycles. The number of benzene rings is 2. The quantitative estimate of drug-likeness (QED) is 0.863. The average Bonchev–Trinajstić information content (AvgIpc) is 3.37. The zero-order chi connectivity index (χ0) is 18.0. The highest BCUT2D eigenvalue weighted by Gasteiger charge is 2.24. The zero-order valence-electron chi connectivity index (χ0n) is 14.4. The van der Waals surface area contributed by atoms with E-state index in [0.717, 1.165) is 24.0 Å². The summed E-state index contributed by atoms with van der Waals surface area (Å²) in [5.41, 5.74) is 3.12. The summed E-state index contributed by atoms with van der Waals surface area (Å²) < 4.78 is 25.8. The number of hydrogen-bond donors (Lipinski definition) is 1. The first-order valence-corrected chi connectivity index (χ1v) is 10.1. The Morgan fingerprint density at radius 2 is 1.68 bits per heavy atom. The number of sulfonamides is 1. The molecule has 132 valence electrons. The molecule has 2 aromatic carbocycles. The maximum Gasteiger partial charge on any atom is 0.251 e. The van der Waals surface area contributed by atoms with Crippen molar-refractivity contribution in [1.82, 2.24) is 5.32 Å². The van der Waals surface area contributed by atoms with E-state index >= 15 is 0 Å². The summed E-state index contributed by atoms with van der Waals surface area (Å²) in [5, 5.41) is 2.92. The minimum absolute atomic E-state index is 0.113. The van der Waals surface area contributed by atoms with Gasteiger partial charge in [0.15, 0.2) is 0 Å². The van der Waals surface area contributed by atoms with Crippen LogP contribution < -0.4 is 9.62 Å². The van der Waals surface area contributed by atoms with Gasteiger partial charge in [0.05, 0.1) is 18.5 Å². The molecule has 6 heteroatoms. The van der Waals surface area contributed by atoms with Gasteiger partial charge in [0, 0.05) is 11.6 Å². The molecule has 0 spiro atoms. The molecule has 25 heavy (non-hydrogen) atoms. The lowest BCUT2D eigenvalue weighted by molar-refractivity contribution is 0.0951. The van der Waals surface area contributed by atoms with E-state index in [1.807, 2.05) is 31.2 Å². The number of carbonyl (C=O) groups excluding carboxylic acids is 1. The molecule has 0 aliphatic heterocycles. The summed E-state index contributed by atoms with van der Waals surface area (Å²) in [4.78, 5) is 12.1. The van der Waals surface area contributed by atoms with Crippen LogP contribution in [-0.4, -0.2) is 26.6 Å². The van der Waals surface area contributed by atoms with Crippen LogP contribution in [0.25, 0.3) is 0 Å². The molecule has 0 saturated heterocycles. The molecule has 1 N–H and O–H groups in total. The van der Waals surface area contributed by atoms with Crippen LogP contribution in [0.4, 0.5) is 5.69 Å². The van der Waals surface area contributed by atoms with E-state index in [0.29, 0.717) is 17.3 Å². The third kappa shape index (κ3) is 4.60. The van der Waals surface area contributed by atoms with Gasteiger partial charge in [-0.15, -0.1) is 0 Å². The standard InChI is InChI=1S/C19H22N2O3S/c1-14-3-5-15(6-4-14)13-21(25(2,23)24)18-11-7-16(8-12-18)19(22)20-17-9-10-17/h3-8,11-12,17H,9-10,13H2,1-2H3,(H,20,22). The first-order chi connectivity index (χ1) is 11.8. The number of nitrogens with zero attached hydrogens (tertiary/aromatic N) is 1. The number of anilines is 1. The Morgan fingerprint density at radius 1 is 1.08 bits per heavy atom.